The fraction of sp³-hybridized carbons (Fsp3) is 0.227. The molecule has 0 saturated heterocycles. The highest BCUT2D eigenvalue weighted by Gasteiger charge is 2.37. The molecule has 0 amide bonds. The van der Waals surface area contributed by atoms with Gasteiger partial charge in [0.25, 0.3) is 0 Å². The number of nitrogens with two attached hydrogens (primary N) is 1. The van der Waals surface area contributed by atoms with E-state index in [-0.39, 0.29) is 10.8 Å². The summed E-state index contributed by atoms with van der Waals surface area (Å²) in [5.41, 5.74) is 21.7. The van der Waals surface area contributed by atoms with Crippen LogP contribution in [0.4, 0.5) is 0 Å². The zero-order valence-corrected chi connectivity index (χ0v) is 27.9. The van der Waals surface area contributed by atoms with E-state index in [4.69, 9.17) is 15.7 Å². The Kier molecular flexibility index (Phi) is 6.57. The molecule has 5 aromatic carbocycles. The molecule has 1 unspecified atom stereocenters. The molecule has 0 heterocycles. The van der Waals surface area contributed by atoms with Crippen molar-refractivity contribution in [1.29, 1.82) is 0 Å². The van der Waals surface area contributed by atoms with Crippen molar-refractivity contribution >= 4 is 17.7 Å². The standard InChI is InChI=1S/C44H41N3/c1-42(2)36-16-10-8-14-32(36)34-20-18-28(24-38(34)42)27-46-40(47-41(45)44(5)23-22-29-12-6-7-13-31(29)26-44)30-19-21-35-33-15-9-11-17-37(33)43(3,4)39(35)25-30/h6-25H,26-27H2,1-5H3,(H2,45,46,47). The maximum absolute atomic E-state index is 6.96. The van der Waals surface area contributed by atoms with Crippen LogP contribution >= 0.6 is 0 Å². The molecule has 5 aromatic rings. The van der Waals surface area contributed by atoms with Crippen LogP contribution in [0, 0.1) is 5.41 Å². The third-order valence-electron chi connectivity index (χ3n) is 11.0. The van der Waals surface area contributed by atoms with E-state index < -0.39 is 5.41 Å². The molecule has 3 nitrogen and oxygen atoms in total. The van der Waals surface area contributed by atoms with Crippen LogP contribution in [-0.4, -0.2) is 11.7 Å². The molecule has 3 aliphatic carbocycles. The van der Waals surface area contributed by atoms with Gasteiger partial charge >= 0.3 is 0 Å². The fourth-order valence-corrected chi connectivity index (χ4v) is 8.05. The molecule has 47 heavy (non-hydrogen) atoms. The molecule has 3 heteroatoms. The van der Waals surface area contributed by atoms with Crippen molar-refractivity contribution in [3.63, 3.8) is 0 Å². The molecule has 0 radical (unpaired) electrons. The molecule has 0 spiro atoms. The summed E-state index contributed by atoms with van der Waals surface area (Å²) >= 11 is 0. The topological polar surface area (TPSA) is 50.7 Å². The zero-order valence-electron chi connectivity index (χ0n) is 27.9. The first kappa shape index (κ1) is 29.4. The van der Waals surface area contributed by atoms with Crippen molar-refractivity contribution < 1.29 is 0 Å². The second kappa shape index (κ2) is 10.5. The first-order chi connectivity index (χ1) is 22.6. The lowest BCUT2D eigenvalue weighted by atomic mass is 9.77. The zero-order chi connectivity index (χ0) is 32.6. The lowest BCUT2D eigenvalue weighted by Crippen LogP contribution is -2.37. The summed E-state index contributed by atoms with van der Waals surface area (Å²) in [7, 11) is 0. The highest BCUT2D eigenvalue weighted by atomic mass is 15.0. The largest absolute Gasteiger partial charge is 0.386 e. The van der Waals surface area contributed by atoms with Crippen molar-refractivity contribution in [2.24, 2.45) is 21.1 Å². The van der Waals surface area contributed by atoms with Crippen molar-refractivity contribution in [2.45, 2.75) is 58.4 Å². The Morgan fingerprint density at radius 2 is 1.21 bits per heavy atom. The number of fused-ring (bicyclic) bond motifs is 7. The van der Waals surface area contributed by atoms with E-state index in [1.807, 2.05) is 0 Å². The van der Waals surface area contributed by atoms with E-state index >= 15 is 0 Å². The van der Waals surface area contributed by atoms with Crippen LogP contribution in [0.5, 0.6) is 0 Å². The van der Waals surface area contributed by atoms with Crippen molar-refractivity contribution in [3.8, 4) is 22.3 Å². The summed E-state index contributed by atoms with van der Waals surface area (Å²) in [6.07, 6.45) is 5.18. The van der Waals surface area contributed by atoms with Gasteiger partial charge in [-0.3, -0.25) is 4.99 Å². The SMILES string of the molecule is CC1(C(N)=NC(=NCc2ccc3c(c2)C(C)(C)c2ccccc2-3)c2ccc3c(c2)C(C)(C)c2ccccc2-3)C=Cc2ccccc2C1. The third-order valence-corrected chi connectivity index (χ3v) is 11.0. The maximum Gasteiger partial charge on any atom is 0.156 e. The Bertz CT molecular complexity index is 2180. The maximum atomic E-state index is 6.96. The molecule has 0 saturated carbocycles. The molecule has 0 aliphatic heterocycles. The van der Waals surface area contributed by atoms with E-state index in [1.54, 1.807) is 0 Å². The molecule has 3 aliphatic rings. The van der Waals surface area contributed by atoms with E-state index in [1.165, 1.54) is 61.2 Å². The van der Waals surface area contributed by atoms with Crippen LogP contribution in [0.2, 0.25) is 0 Å². The predicted octanol–water partition coefficient (Wildman–Crippen LogP) is 9.88. The van der Waals surface area contributed by atoms with Crippen LogP contribution in [0.3, 0.4) is 0 Å². The lowest BCUT2D eigenvalue weighted by molar-refractivity contribution is 0.583. The van der Waals surface area contributed by atoms with Gasteiger partial charge in [-0.1, -0.05) is 143 Å². The summed E-state index contributed by atoms with van der Waals surface area (Å²) in [5, 5.41) is 0. The molecule has 0 aromatic heterocycles. The number of benzene rings is 5. The van der Waals surface area contributed by atoms with Crippen LogP contribution < -0.4 is 5.73 Å². The van der Waals surface area contributed by atoms with E-state index in [2.05, 4.69) is 156 Å². The second-order valence-corrected chi connectivity index (χ2v) is 14.7. The van der Waals surface area contributed by atoms with Crippen molar-refractivity contribution in [2.75, 3.05) is 0 Å². The van der Waals surface area contributed by atoms with E-state index in [9.17, 15) is 0 Å². The molecule has 2 N–H and O–H groups in total. The van der Waals surface area contributed by atoms with E-state index in [0.29, 0.717) is 18.2 Å². The molecular weight excluding hydrogens is 571 g/mol. The van der Waals surface area contributed by atoms with Gasteiger partial charge in [0.2, 0.25) is 0 Å². The molecule has 0 fully saturated rings. The van der Waals surface area contributed by atoms with Gasteiger partial charge in [0.15, 0.2) is 5.84 Å². The molecule has 0 bridgehead atoms. The van der Waals surface area contributed by atoms with Gasteiger partial charge < -0.3 is 5.73 Å². The fourth-order valence-electron chi connectivity index (χ4n) is 8.05. The summed E-state index contributed by atoms with van der Waals surface area (Å²) in [6, 6.07) is 39.6. The van der Waals surface area contributed by atoms with Gasteiger partial charge in [0.05, 0.1) is 6.54 Å². The minimum Gasteiger partial charge on any atom is -0.386 e. The van der Waals surface area contributed by atoms with Crippen LogP contribution in [0.15, 0.2) is 125 Å². The predicted molar refractivity (Wildman–Crippen MR) is 197 cm³/mol. The third kappa shape index (κ3) is 4.63. The number of hydrogen-bond acceptors (Lipinski definition) is 1. The molecular formula is C44H41N3. The smallest absolute Gasteiger partial charge is 0.156 e. The monoisotopic (exact) mass is 611 g/mol. The van der Waals surface area contributed by atoms with Gasteiger partial charge in [-0.05, 0) is 80.6 Å². The summed E-state index contributed by atoms with van der Waals surface area (Å²) in [4.78, 5) is 10.4. The summed E-state index contributed by atoms with van der Waals surface area (Å²) in [6.45, 7) is 12.0. The minimum absolute atomic E-state index is 0.0597. The van der Waals surface area contributed by atoms with Gasteiger partial charge in [-0.15, -0.1) is 0 Å². The molecule has 1 atom stereocenters. The average Bonchev–Trinajstić information content (AvgIpc) is 3.45. The first-order valence-electron chi connectivity index (χ1n) is 16.7. The number of rotatable bonds is 4. The number of nitrogens with zero attached hydrogens (tertiary/aromatic N) is 2. The van der Waals surface area contributed by atoms with Crippen molar-refractivity contribution in [1.82, 2.24) is 0 Å². The van der Waals surface area contributed by atoms with Crippen molar-refractivity contribution in [3.05, 3.63) is 160 Å². The summed E-state index contributed by atoms with van der Waals surface area (Å²) in [5.74, 6) is 1.25. The Morgan fingerprint density at radius 1 is 0.638 bits per heavy atom. The van der Waals surface area contributed by atoms with E-state index in [0.717, 1.165) is 12.0 Å². The minimum atomic E-state index is -0.412. The van der Waals surface area contributed by atoms with Crippen LogP contribution in [-0.2, 0) is 23.8 Å². The Morgan fingerprint density at radius 3 is 1.91 bits per heavy atom. The normalized spacial score (nSPS) is 19.9. The van der Waals surface area contributed by atoms with Crippen LogP contribution in [0.1, 0.15) is 79.1 Å². The Labute approximate surface area is 278 Å². The number of amidine groups is 2. The second-order valence-electron chi connectivity index (χ2n) is 14.7. The number of aliphatic imine (C=N–C) groups is 2. The Balaban J connectivity index is 1.21. The van der Waals surface area contributed by atoms with Gasteiger partial charge in [-0.25, -0.2) is 4.99 Å². The van der Waals surface area contributed by atoms with Crippen LogP contribution in [0.25, 0.3) is 28.3 Å². The van der Waals surface area contributed by atoms with Gasteiger partial charge in [-0.2, -0.15) is 0 Å². The number of hydrogen-bond donors (Lipinski definition) is 1. The molecule has 8 rings (SSSR count). The highest BCUT2D eigenvalue weighted by molar-refractivity contribution is 6.08. The highest BCUT2D eigenvalue weighted by Crippen LogP contribution is 2.50. The first-order valence-corrected chi connectivity index (χ1v) is 16.7. The average molecular weight is 612 g/mol. The van der Waals surface area contributed by atoms with Gasteiger partial charge in [0, 0.05) is 21.8 Å². The summed E-state index contributed by atoms with van der Waals surface area (Å²) < 4.78 is 0. The molecule has 232 valence electrons. The quantitative estimate of drug-likeness (QED) is 0.160. The van der Waals surface area contributed by atoms with Gasteiger partial charge in [0.1, 0.15) is 5.84 Å². The Hall–Kier alpha value is -5.02. The lowest BCUT2D eigenvalue weighted by Gasteiger charge is -2.30.